The molecule has 1 nitrogen and oxygen atoms in total. The van der Waals surface area contributed by atoms with E-state index in [0.717, 1.165) is 10.6 Å². The van der Waals surface area contributed by atoms with Crippen LogP contribution in [0.25, 0.3) is 0 Å². The van der Waals surface area contributed by atoms with E-state index in [1.54, 1.807) is 18.9 Å². The Morgan fingerprint density at radius 1 is 0.889 bits per heavy atom. The number of methoxy groups -OCH3 is 1. The number of unbranched alkanes of at least 4 members (excludes halogenated alkanes) is 5. The molecule has 0 fully saturated rings. The number of rotatable bonds is 11. The first-order valence-electron chi connectivity index (χ1n) is 9.81. The maximum Gasteiger partial charge on any atom is 0.118 e. The summed E-state index contributed by atoms with van der Waals surface area (Å²) in [5.41, 5.74) is 1.30. The summed E-state index contributed by atoms with van der Waals surface area (Å²) in [5, 5.41) is 3.55. The Hall–Kier alpha value is -1.50. The Labute approximate surface area is 173 Å². The van der Waals surface area contributed by atoms with Gasteiger partial charge in [-0.25, -0.2) is 0 Å². The lowest BCUT2D eigenvalue weighted by Gasteiger charge is -2.11. The van der Waals surface area contributed by atoms with Gasteiger partial charge in [-0.1, -0.05) is 75.3 Å². The van der Waals surface area contributed by atoms with Crippen molar-refractivity contribution in [1.82, 2.24) is 0 Å². The van der Waals surface area contributed by atoms with Gasteiger partial charge in [0.15, 0.2) is 0 Å². The molecule has 0 aliphatic rings. The second-order valence-corrected chi connectivity index (χ2v) is 8.55. The predicted octanol–water partition coefficient (Wildman–Crippen LogP) is 7.58. The van der Waals surface area contributed by atoms with Gasteiger partial charge < -0.3 is 4.74 Å². The Morgan fingerprint density at radius 2 is 1.59 bits per heavy atom. The molecule has 0 N–H and O–H groups in total. The molecule has 3 heteroatoms. The van der Waals surface area contributed by atoms with E-state index in [0.29, 0.717) is 0 Å². The standard InChI is InChI=1S/C24H30OS2/c1-3-4-5-6-7-11-19-27-24(21-12-9-8-10-13-21)18-20-26-23-16-14-22(25-2)15-17-23/h8-10,12-17,24H,3-7,11,19H2,1-2H3. The summed E-state index contributed by atoms with van der Waals surface area (Å²) in [5.74, 6) is 5.52. The molecule has 0 aliphatic carbocycles. The number of thioether (sulfide) groups is 2. The van der Waals surface area contributed by atoms with E-state index in [1.807, 2.05) is 23.9 Å². The molecule has 0 spiro atoms. The summed E-state index contributed by atoms with van der Waals surface area (Å²) in [6, 6.07) is 18.7. The summed E-state index contributed by atoms with van der Waals surface area (Å²) in [4.78, 5) is 1.15. The van der Waals surface area contributed by atoms with Gasteiger partial charge in [-0.3, -0.25) is 0 Å². The zero-order valence-electron chi connectivity index (χ0n) is 16.4. The lowest BCUT2D eigenvalue weighted by molar-refractivity contribution is 0.414. The van der Waals surface area contributed by atoms with Crippen LogP contribution in [0.1, 0.15) is 56.3 Å². The molecule has 27 heavy (non-hydrogen) atoms. The van der Waals surface area contributed by atoms with Gasteiger partial charge in [0.05, 0.1) is 12.4 Å². The zero-order chi connectivity index (χ0) is 19.2. The fourth-order valence-corrected chi connectivity index (χ4v) is 4.46. The van der Waals surface area contributed by atoms with Crippen LogP contribution in [-0.2, 0) is 0 Å². The minimum absolute atomic E-state index is 0.243. The van der Waals surface area contributed by atoms with E-state index in [2.05, 4.69) is 60.6 Å². The van der Waals surface area contributed by atoms with E-state index >= 15 is 0 Å². The van der Waals surface area contributed by atoms with Gasteiger partial charge in [-0.15, -0.1) is 11.8 Å². The fraction of sp³-hybridized carbons (Fsp3) is 0.417. The van der Waals surface area contributed by atoms with Gasteiger partial charge in [-0.05, 0) is 59.0 Å². The van der Waals surface area contributed by atoms with Crippen molar-refractivity contribution in [2.24, 2.45) is 0 Å². The van der Waals surface area contributed by atoms with Crippen LogP contribution in [0, 0.1) is 11.2 Å². The Balaban J connectivity index is 1.87. The third kappa shape index (κ3) is 8.82. The van der Waals surface area contributed by atoms with Crippen molar-refractivity contribution in [3.63, 3.8) is 0 Å². The topological polar surface area (TPSA) is 9.23 Å². The minimum atomic E-state index is 0.243. The van der Waals surface area contributed by atoms with Crippen molar-refractivity contribution in [3.8, 4) is 16.9 Å². The second-order valence-electron chi connectivity index (χ2n) is 6.45. The van der Waals surface area contributed by atoms with Gasteiger partial charge in [-0.2, -0.15) is 0 Å². The SMILES string of the molecule is CCCCCCCCSC(C#CSc1ccc(OC)cc1)c1ccccc1. The monoisotopic (exact) mass is 398 g/mol. The van der Waals surface area contributed by atoms with Crippen LogP contribution >= 0.6 is 23.5 Å². The molecule has 2 aromatic carbocycles. The predicted molar refractivity (Wildman–Crippen MR) is 122 cm³/mol. The molecule has 0 heterocycles. The molecule has 1 atom stereocenters. The van der Waals surface area contributed by atoms with Crippen molar-refractivity contribution < 1.29 is 4.74 Å². The third-order valence-electron chi connectivity index (χ3n) is 4.30. The summed E-state index contributed by atoms with van der Waals surface area (Å²) < 4.78 is 5.21. The van der Waals surface area contributed by atoms with Crippen LogP contribution in [0.15, 0.2) is 59.5 Å². The average Bonchev–Trinajstić information content (AvgIpc) is 2.73. The van der Waals surface area contributed by atoms with E-state index in [4.69, 9.17) is 4.74 Å². The van der Waals surface area contributed by atoms with E-state index < -0.39 is 0 Å². The van der Waals surface area contributed by atoms with Crippen LogP contribution < -0.4 is 4.74 Å². The van der Waals surface area contributed by atoms with E-state index in [1.165, 1.54) is 49.8 Å². The number of benzene rings is 2. The quantitative estimate of drug-likeness (QED) is 0.219. The average molecular weight is 399 g/mol. The van der Waals surface area contributed by atoms with Crippen molar-refractivity contribution in [1.29, 1.82) is 0 Å². The Kier molecular flexibility index (Phi) is 11.0. The van der Waals surface area contributed by atoms with Crippen molar-refractivity contribution in [2.45, 2.75) is 55.6 Å². The molecule has 2 aromatic rings. The smallest absolute Gasteiger partial charge is 0.118 e. The van der Waals surface area contributed by atoms with Crippen LogP contribution in [0.2, 0.25) is 0 Å². The summed E-state index contributed by atoms with van der Waals surface area (Å²) >= 11 is 3.56. The molecule has 2 rings (SSSR count). The van der Waals surface area contributed by atoms with Crippen molar-refractivity contribution in [3.05, 3.63) is 60.2 Å². The van der Waals surface area contributed by atoms with Crippen LogP contribution in [0.5, 0.6) is 5.75 Å². The lowest BCUT2D eigenvalue weighted by atomic mass is 10.1. The second kappa shape index (κ2) is 13.6. The van der Waals surface area contributed by atoms with Crippen LogP contribution in [0.4, 0.5) is 0 Å². The van der Waals surface area contributed by atoms with Crippen molar-refractivity contribution in [2.75, 3.05) is 12.9 Å². The highest BCUT2D eigenvalue weighted by Gasteiger charge is 2.08. The summed E-state index contributed by atoms with van der Waals surface area (Å²) in [6.07, 6.45) is 8.04. The van der Waals surface area contributed by atoms with Gasteiger partial charge in [0.2, 0.25) is 0 Å². The molecule has 1 unspecified atom stereocenters. The highest BCUT2D eigenvalue weighted by atomic mass is 32.2. The number of hydrogen-bond acceptors (Lipinski definition) is 3. The molecule has 0 aromatic heterocycles. The van der Waals surface area contributed by atoms with Gasteiger partial charge >= 0.3 is 0 Å². The molecule has 0 saturated heterocycles. The van der Waals surface area contributed by atoms with Gasteiger partial charge in [0.25, 0.3) is 0 Å². The van der Waals surface area contributed by atoms with Crippen LogP contribution in [0.3, 0.4) is 0 Å². The van der Waals surface area contributed by atoms with Crippen molar-refractivity contribution >= 4 is 23.5 Å². The number of hydrogen-bond donors (Lipinski definition) is 0. The molecule has 0 aliphatic heterocycles. The maximum atomic E-state index is 5.21. The molecule has 0 bridgehead atoms. The molecule has 144 valence electrons. The minimum Gasteiger partial charge on any atom is -0.497 e. The Morgan fingerprint density at radius 3 is 2.30 bits per heavy atom. The first-order chi connectivity index (χ1) is 13.3. The highest BCUT2D eigenvalue weighted by Crippen LogP contribution is 2.30. The van der Waals surface area contributed by atoms with E-state index in [-0.39, 0.29) is 5.25 Å². The van der Waals surface area contributed by atoms with E-state index in [9.17, 15) is 0 Å². The summed E-state index contributed by atoms with van der Waals surface area (Å²) in [7, 11) is 1.69. The van der Waals surface area contributed by atoms with Gasteiger partial charge in [0, 0.05) is 4.90 Å². The fourth-order valence-electron chi connectivity index (χ4n) is 2.72. The summed E-state index contributed by atoms with van der Waals surface area (Å²) in [6.45, 7) is 2.27. The Bertz CT molecular complexity index is 686. The largest absolute Gasteiger partial charge is 0.497 e. The normalized spacial score (nSPS) is 11.5. The highest BCUT2D eigenvalue weighted by molar-refractivity contribution is 8.04. The first kappa shape index (κ1) is 21.8. The third-order valence-corrected chi connectivity index (χ3v) is 6.28. The number of ether oxygens (including phenoxy) is 1. The maximum absolute atomic E-state index is 5.21. The lowest BCUT2D eigenvalue weighted by Crippen LogP contribution is -1.93. The van der Waals surface area contributed by atoms with Gasteiger partial charge in [0.1, 0.15) is 5.75 Å². The zero-order valence-corrected chi connectivity index (χ0v) is 18.1. The molecule has 0 radical (unpaired) electrons. The molecule has 0 saturated carbocycles. The van der Waals surface area contributed by atoms with Crippen LogP contribution in [-0.4, -0.2) is 12.9 Å². The molecular weight excluding hydrogens is 368 g/mol. The molecular formula is C24H30OS2. The first-order valence-corrected chi connectivity index (χ1v) is 11.7. The molecule has 0 amide bonds.